The fraction of sp³-hybridized carbons (Fsp3) is 0.222. The van der Waals surface area contributed by atoms with Gasteiger partial charge in [0, 0.05) is 62.4 Å². The van der Waals surface area contributed by atoms with Crippen LogP contribution in [0.25, 0.3) is 39.5 Å². The van der Waals surface area contributed by atoms with Gasteiger partial charge in [0.05, 0.1) is 17.0 Å². The molecule has 3 N–H and O–H groups in total. The van der Waals surface area contributed by atoms with Crippen LogP contribution in [0.15, 0.2) is 85.3 Å². The Labute approximate surface area is 282 Å². The Bertz CT molecular complexity index is 2150. The average molecular weight is 652 g/mol. The van der Waals surface area contributed by atoms with Crippen molar-refractivity contribution in [2.45, 2.75) is 39.0 Å². The van der Waals surface area contributed by atoms with E-state index in [1.165, 1.54) is 12.5 Å². The first-order chi connectivity index (χ1) is 23.9. The molecular formula is C36H33N11O2. The average Bonchev–Trinajstić information content (AvgIpc) is 3.51. The first-order valence-electron chi connectivity index (χ1n) is 15.9. The van der Waals surface area contributed by atoms with Gasteiger partial charge in [-0.3, -0.25) is 19.2 Å². The van der Waals surface area contributed by atoms with Gasteiger partial charge >= 0.3 is 5.97 Å². The predicted molar refractivity (Wildman–Crippen MR) is 184 cm³/mol. The quantitative estimate of drug-likeness (QED) is 0.202. The van der Waals surface area contributed by atoms with Gasteiger partial charge in [-0.25, -0.2) is 24.9 Å². The highest BCUT2D eigenvalue weighted by Gasteiger charge is 2.21. The number of piperidine rings is 1. The van der Waals surface area contributed by atoms with Crippen LogP contribution >= 0.6 is 0 Å². The summed E-state index contributed by atoms with van der Waals surface area (Å²) in [7, 11) is 0. The van der Waals surface area contributed by atoms with Crippen molar-refractivity contribution < 1.29 is 9.53 Å². The van der Waals surface area contributed by atoms with E-state index in [1.54, 1.807) is 24.7 Å². The van der Waals surface area contributed by atoms with Crippen molar-refractivity contribution >= 4 is 28.8 Å². The normalized spacial score (nSPS) is 13.6. The second-order valence-electron chi connectivity index (χ2n) is 11.8. The largest absolute Gasteiger partial charge is 0.459 e. The number of nitriles is 1. The fourth-order valence-corrected chi connectivity index (χ4v) is 5.93. The molecule has 0 saturated carbocycles. The number of nitrogen functional groups attached to an aromatic ring is 1. The molecule has 5 aromatic heterocycles. The molecule has 0 aliphatic carbocycles. The van der Waals surface area contributed by atoms with Crippen LogP contribution in [0.4, 0.5) is 11.6 Å². The molecule has 13 heteroatoms. The van der Waals surface area contributed by atoms with Crippen molar-refractivity contribution in [1.82, 2.24) is 39.4 Å². The Morgan fingerprint density at radius 3 is 2.55 bits per heavy atom. The van der Waals surface area contributed by atoms with Crippen LogP contribution in [-0.2, 0) is 22.7 Å². The Morgan fingerprint density at radius 1 is 0.980 bits per heavy atom. The van der Waals surface area contributed by atoms with Crippen LogP contribution in [-0.4, -0.2) is 64.5 Å². The summed E-state index contributed by atoms with van der Waals surface area (Å²) in [5, 5.41) is 12.5. The summed E-state index contributed by atoms with van der Waals surface area (Å²) in [4.78, 5) is 40.6. The lowest BCUT2D eigenvalue weighted by Crippen LogP contribution is -2.38. The Hall–Kier alpha value is -6.26. The Kier molecular flexibility index (Phi) is 8.86. The van der Waals surface area contributed by atoms with Crippen molar-refractivity contribution in [1.29, 1.82) is 5.26 Å². The van der Waals surface area contributed by atoms with E-state index in [4.69, 9.17) is 25.7 Å². The van der Waals surface area contributed by atoms with Gasteiger partial charge in [-0.15, -0.1) is 0 Å². The van der Waals surface area contributed by atoms with E-state index < -0.39 is 0 Å². The highest BCUT2D eigenvalue weighted by molar-refractivity contribution is 5.84. The first kappa shape index (κ1) is 31.3. The van der Waals surface area contributed by atoms with Gasteiger partial charge in [0.15, 0.2) is 11.5 Å². The molecule has 1 aliphatic heterocycles. The zero-order valence-electron chi connectivity index (χ0n) is 26.8. The number of nitrogens with zero attached hydrogens (tertiary/aromatic N) is 9. The predicted octanol–water partition coefficient (Wildman–Crippen LogP) is 4.93. The molecule has 0 spiro atoms. The van der Waals surface area contributed by atoms with Crippen LogP contribution in [0.1, 0.15) is 36.8 Å². The van der Waals surface area contributed by atoms with Crippen molar-refractivity contribution in [3.05, 3.63) is 102 Å². The van der Waals surface area contributed by atoms with Crippen molar-refractivity contribution in [2.24, 2.45) is 0 Å². The number of pyridine rings is 3. The van der Waals surface area contributed by atoms with Crippen LogP contribution in [0.2, 0.25) is 0 Å². The molecule has 0 radical (unpaired) electrons. The number of nitrogens with one attached hydrogen (secondary N) is 1. The molecule has 0 amide bonds. The molecular weight excluding hydrogens is 618 g/mol. The maximum atomic E-state index is 11.2. The van der Waals surface area contributed by atoms with E-state index >= 15 is 0 Å². The standard InChI is InChI=1S/C36H33N11O2/c1-23(48)49-22-27-7-6-25(20-41-27)30-10-11-31-36(43-30)47(35(44-31)29-3-2-15-40-34(29)38)28-8-4-24(5-9-28)21-46-17-13-26(14-18-46)42-32-12-16-39-33(19-37)45-32/h2-12,15-16,20,26H,13-14,17-18,21-22H2,1H3,(H2,38,40)(H,39,42,45). The molecule has 1 saturated heterocycles. The van der Waals surface area contributed by atoms with Gasteiger partial charge in [-0.1, -0.05) is 12.1 Å². The molecule has 0 unspecified atom stereocenters. The maximum Gasteiger partial charge on any atom is 0.303 e. The minimum Gasteiger partial charge on any atom is -0.459 e. The van der Waals surface area contributed by atoms with E-state index in [-0.39, 0.29) is 18.4 Å². The van der Waals surface area contributed by atoms with Crippen LogP contribution in [0.5, 0.6) is 0 Å². The first-order valence-corrected chi connectivity index (χ1v) is 15.9. The van der Waals surface area contributed by atoms with E-state index in [1.807, 2.05) is 47.0 Å². The number of benzene rings is 1. The van der Waals surface area contributed by atoms with E-state index in [0.29, 0.717) is 45.9 Å². The minimum absolute atomic E-state index is 0.116. The number of carbonyl (C=O) groups is 1. The summed E-state index contributed by atoms with van der Waals surface area (Å²) in [5.74, 6) is 1.53. The molecule has 49 heavy (non-hydrogen) atoms. The number of fused-ring (bicyclic) bond motifs is 1. The van der Waals surface area contributed by atoms with Crippen molar-refractivity contribution in [3.8, 4) is 34.4 Å². The van der Waals surface area contributed by atoms with Crippen LogP contribution in [0.3, 0.4) is 0 Å². The molecule has 0 atom stereocenters. The lowest BCUT2D eigenvalue weighted by atomic mass is 10.0. The molecule has 13 nitrogen and oxygen atoms in total. The van der Waals surface area contributed by atoms with Crippen molar-refractivity contribution in [2.75, 3.05) is 24.1 Å². The number of likely N-dealkylation sites (tertiary alicyclic amines) is 1. The highest BCUT2D eigenvalue weighted by atomic mass is 16.5. The number of anilines is 2. The number of nitrogens with two attached hydrogens (primary N) is 1. The van der Waals surface area contributed by atoms with Gasteiger partial charge in [-0.2, -0.15) is 5.26 Å². The molecule has 0 bridgehead atoms. The summed E-state index contributed by atoms with van der Waals surface area (Å²) < 4.78 is 7.09. The lowest BCUT2D eigenvalue weighted by Gasteiger charge is -2.32. The molecule has 244 valence electrons. The summed E-state index contributed by atoms with van der Waals surface area (Å²) in [6.07, 6.45) is 6.93. The third-order valence-corrected chi connectivity index (χ3v) is 8.42. The number of rotatable bonds is 9. The molecule has 1 aliphatic rings. The van der Waals surface area contributed by atoms with E-state index in [9.17, 15) is 4.79 Å². The van der Waals surface area contributed by atoms with Crippen LogP contribution in [0, 0.1) is 11.3 Å². The Balaban J connectivity index is 1.12. The second kappa shape index (κ2) is 13.8. The van der Waals surface area contributed by atoms with Crippen LogP contribution < -0.4 is 11.1 Å². The summed E-state index contributed by atoms with van der Waals surface area (Å²) in [6.45, 7) is 4.20. The third kappa shape index (κ3) is 7.04. The maximum absolute atomic E-state index is 11.2. The number of hydrogen-bond acceptors (Lipinski definition) is 12. The lowest BCUT2D eigenvalue weighted by molar-refractivity contribution is -0.142. The molecule has 1 aromatic carbocycles. The minimum atomic E-state index is -0.352. The monoisotopic (exact) mass is 651 g/mol. The third-order valence-electron chi connectivity index (χ3n) is 8.42. The van der Waals surface area contributed by atoms with E-state index in [2.05, 4.69) is 54.4 Å². The second-order valence-corrected chi connectivity index (χ2v) is 11.8. The van der Waals surface area contributed by atoms with Gasteiger partial charge in [0.2, 0.25) is 5.82 Å². The smallest absolute Gasteiger partial charge is 0.303 e. The van der Waals surface area contributed by atoms with Gasteiger partial charge in [-0.05, 0) is 73.0 Å². The molecule has 6 aromatic rings. The topological polar surface area (TPSA) is 174 Å². The van der Waals surface area contributed by atoms with Crippen molar-refractivity contribution in [3.63, 3.8) is 0 Å². The summed E-state index contributed by atoms with van der Waals surface area (Å²) in [5.41, 5.74) is 12.7. The van der Waals surface area contributed by atoms with Gasteiger partial charge in [0.1, 0.15) is 29.8 Å². The molecule has 1 fully saturated rings. The van der Waals surface area contributed by atoms with Gasteiger partial charge in [0.25, 0.3) is 0 Å². The Morgan fingerprint density at radius 2 is 1.82 bits per heavy atom. The summed E-state index contributed by atoms with van der Waals surface area (Å²) >= 11 is 0. The number of imidazole rings is 1. The van der Waals surface area contributed by atoms with Gasteiger partial charge < -0.3 is 15.8 Å². The molecule has 6 heterocycles. The number of aromatic nitrogens is 7. The number of hydrogen-bond donors (Lipinski definition) is 2. The molecule has 7 rings (SSSR count). The highest BCUT2D eigenvalue weighted by Crippen LogP contribution is 2.32. The zero-order chi connectivity index (χ0) is 33.7. The zero-order valence-corrected chi connectivity index (χ0v) is 26.8. The number of ether oxygens (including phenoxy) is 1. The van der Waals surface area contributed by atoms with E-state index in [0.717, 1.165) is 49.4 Å². The fourth-order valence-electron chi connectivity index (χ4n) is 5.93. The number of carbonyl (C=O) groups excluding carboxylic acids is 1. The summed E-state index contributed by atoms with van der Waals surface area (Å²) in [6, 6.07) is 23.9. The SMILES string of the molecule is CC(=O)OCc1ccc(-c2ccc3nc(-c4cccnc4N)n(-c4ccc(CN5CCC(Nc6ccnc(C#N)n6)CC5)cc4)c3n2)cn1. The number of esters is 1.